The minimum Gasteiger partial charge on any atom is -0.466 e. The van der Waals surface area contributed by atoms with E-state index < -0.39 is 0 Å². The maximum Gasteiger partial charge on any atom is 0.305 e. The highest BCUT2D eigenvalue weighted by Gasteiger charge is 2.02. The molecule has 0 heterocycles. The van der Waals surface area contributed by atoms with Gasteiger partial charge in [-0.15, -0.1) is 6.58 Å². The molecule has 0 radical (unpaired) electrons. The van der Waals surface area contributed by atoms with Crippen molar-refractivity contribution in [3.8, 4) is 0 Å². The average Bonchev–Trinajstić information content (AvgIpc) is 2.04. The van der Waals surface area contributed by atoms with Crippen LogP contribution in [0.3, 0.4) is 0 Å². The van der Waals surface area contributed by atoms with Crippen molar-refractivity contribution in [3.63, 3.8) is 0 Å². The van der Waals surface area contributed by atoms with E-state index >= 15 is 0 Å². The van der Waals surface area contributed by atoms with Crippen LogP contribution in [0.4, 0.5) is 0 Å². The first-order valence-electron chi connectivity index (χ1n) is 4.48. The molecule has 0 aromatic heterocycles. The van der Waals surface area contributed by atoms with Crippen LogP contribution in [0.5, 0.6) is 0 Å². The molecule has 0 amide bonds. The molecule has 0 aromatic rings. The Bertz CT molecular complexity index is 141. The number of hydrogen-bond acceptors (Lipinski definition) is 2. The molecule has 1 unspecified atom stereocenters. The maximum atomic E-state index is 10.9. The van der Waals surface area contributed by atoms with Crippen molar-refractivity contribution in [3.05, 3.63) is 12.7 Å². The van der Waals surface area contributed by atoms with Gasteiger partial charge in [0, 0.05) is 6.42 Å². The summed E-state index contributed by atoms with van der Waals surface area (Å²) in [5, 5.41) is 0. The summed E-state index contributed by atoms with van der Waals surface area (Å²) in [5.74, 6) is 0.410. The second kappa shape index (κ2) is 6.89. The third kappa shape index (κ3) is 5.96. The normalized spacial score (nSPS) is 12.2. The summed E-state index contributed by atoms with van der Waals surface area (Å²) in [7, 11) is 0. The van der Waals surface area contributed by atoms with Crippen molar-refractivity contribution >= 4 is 5.97 Å². The summed E-state index contributed by atoms with van der Waals surface area (Å²) in [6, 6.07) is 0. The van der Waals surface area contributed by atoms with Crippen molar-refractivity contribution in [1.82, 2.24) is 0 Å². The lowest BCUT2D eigenvalue weighted by atomic mass is 10.0. The van der Waals surface area contributed by atoms with E-state index in [1.807, 2.05) is 13.0 Å². The van der Waals surface area contributed by atoms with Gasteiger partial charge >= 0.3 is 5.97 Å². The van der Waals surface area contributed by atoms with Gasteiger partial charge in [-0.1, -0.05) is 13.0 Å². The fourth-order valence-corrected chi connectivity index (χ4v) is 0.919. The quantitative estimate of drug-likeness (QED) is 0.452. The molecule has 0 bridgehead atoms. The van der Waals surface area contributed by atoms with Gasteiger partial charge in [-0.2, -0.15) is 0 Å². The lowest BCUT2D eigenvalue weighted by Gasteiger charge is -2.04. The first-order chi connectivity index (χ1) is 5.70. The Morgan fingerprint density at radius 2 is 2.33 bits per heavy atom. The van der Waals surface area contributed by atoms with Crippen LogP contribution in [0, 0.1) is 5.92 Å². The maximum absolute atomic E-state index is 10.9. The molecule has 1 atom stereocenters. The van der Waals surface area contributed by atoms with Gasteiger partial charge in [0.15, 0.2) is 0 Å². The second-order valence-corrected chi connectivity index (χ2v) is 2.91. The van der Waals surface area contributed by atoms with Crippen molar-refractivity contribution in [2.45, 2.75) is 33.1 Å². The Kier molecular flexibility index (Phi) is 6.44. The number of allylic oxidation sites excluding steroid dienone is 1. The fraction of sp³-hybridized carbons (Fsp3) is 0.700. The Morgan fingerprint density at radius 3 is 2.83 bits per heavy atom. The molecule has 0 fully saturated rings. The van der Waals surface area contributed by atoms with Crippen LogP contribution in [0.25, 0.3) is 0 Å². The van der Waals surface area contributed by atoms with E-state index in [9.17, 15) is 4.79 Å². The number of hydrogen-bond donors (Lipinski definition) is 0. The van der Waals surface area contributed by atoms with Crippen LogP contribution in [-0.4, -0.2) is 12.6 Å². The van der Waals surface area contributed by atoms with E-state index in [1.54, 1.807) is 0 Å². The summed E-state index contributed by atoms with van der Waals surface area (Å²) in [6.45, 7) is 8.08. The molecule has 2 nitrogen and oxygen atoms in total. The predicted octanol–water partition coefficient (Wildman–Crippen LogP) is 2.54. The number of rotatable bonds is 6. The zero-order chi connectivity index (χ0) is 9.40. The van der Waals surface area contributed by atoms with E-state index in [0.29, 0.717) is 18.9 Å². The highest BCUT2D eigenvalue weighted by molar-refractivity contribution is 5.69. The summed E-state index contributed by atoms with van der Waals surface area (Å²) in [6.07, 6.45) is 4.35. The van der Waals surface area contributed by atoms with Crippen LogP contribution < -0.4 is 0 Å². The summed E-state index contributed by atoms with van der Waals surface area (Å²) in [4.78, 5) is 10.9. The van der Waals surface area contributed by atoms with E-state index in [2.05, 4.69) is 13.5 Å². The van der Waals surface area contributed by atoms with Crippen molar-refractivity contribution in [2.24, 2.45) is 5.92 Å². The van der Waals surface area contributed by atoms with Crippen LogP contribution in [0.15, 0.2) is 12.7 Å². The molecule has 0 N–H and O–H groups in total. The predicted molar refractivity (Wildman–Crippen MR) is 49.8 cm³/mol. The monoisotopic (exact) mass is 170 g/mol. The van der Waals surface area contributed by atoms with Gasteiger partial charge in [0.2, 0.25) is 0 Å². The average molecular weight is 170 g/mol. The Balaban J connectivity index is 3.30. The molecule has 0 aliphatic carbocycles. The molecule has 70 valence electrons. The summed E-state index contributed by atoms with van der Waals surface area (Å²) < 4.78 is 4.79. The third-order valence-corrected chi connectivity index (χ3v) is 1.75. The molecule has 0 spiro atoms. The van der Waals surface area contributed by atoms with E-state index in [4.69, 9.17) is 4.74 Å². The SMILES string of the molecule is C=CC(C)CCCC(=O)OCC. The van der Waals surface area contributed by atoms with E-state index in [-0.39, 0.29) is 5.97 Å². The van der Waals surface area contributed by atoms with Crippen LogP contribution in [-0.2, 0) is 9.53 Å². The van der Waals surface area contributed by atoms with Crippen LogP contribution >= 0.6 is 0 Å². The van der Waals surface area contributed by atoms with Gasteiger partial charge in [0.05, 0.1) is 6.61 Å². The Labute approximate surface area is 74.6 Å². The lowest BCUT2D eigenvalue weighted by Crippen LogP contribution is -2.04. The highest BCUT2D eigenvalue weighted by Crippen LogP contribution is 2.08. The molecule has 0 saturated heterocycles. The summed E-state index contributed by atoms with van der Waals surface area (Å²) in [5.41, 5.74) is 0. The summed E-state index contributed by atoms with van der Waals surface area (Å²) >= 11 is 0. The second-order valence-electron chi connectivity index (χ2n) is 2.91. The highest BCUT2D eigenvalue weighted by atomic mass is 16.5. The van der Waals surface area contributed by atoms with Crippen LogP contribution in [0.2, 0.25) is 0 Å². The van der Waals surface area contributed by atoms with Gasteiger partial charge in [0.25, 0.3) is 0 Å². The number of esters is 1. The number of carbonyl (C=O) groups is 1. The Hall–Kier alpha value is -0.790. The van der Waals surface area contributed by atoms with E-state index in [1.165, 1.54) is 0 Å². The van der Waals surface area contributed by atoms with Crippen molar-refractivity contribution in [1.29, 1.82) is 0 Å². The van der Waals surface area contributed by atoms with E-state index in [0.717, 1.165) is 12.8 Å². The Morgan fingerprint density at radius 1 is 1.67 bits per heavy atom. The molecule has 0 saturated carbocycles. The smallest absolute Gasteiger partial charge is 0.305 e. The first-order valence-corrected chi connectivity index (χ1v) is 4.48. The van der Waals surface area contributed by atoms with Gasteiger partial charge in [-0.25, -0.2) is 0 Å². The molecular formula is C10H18O2. The van der Waals surface area contributed by atoms with Crippen LogP contribution in [0.1, 0.15) is 33.1 Å². The van der Waals surface area contributed by atoms with Gasteiger partial charge in [-0.3, -0.25) is 4.79 Å². The van der Waals surface area contributed by atoms with Crippen molar-refractivity contribution in [2.75, 3.05) is 6.61 Å². The molecule has 12 heavy (non-hydrogen) atoms. The molecular weight excluding hydrogens is 152 g/mol. The number of carbonyl (C=O) groups excluding carboxylic acids is 1. The third-order valence-electron chi connectivity index (χ3n) is 1.75. The first kappa shape index (κ1) is 11.2. The standard InChI is InChI=1S/C10H18O2/c1-4-9(3)7-6-8-10(11)12-5-2/h4,9H,1,5-8H2,2-3H3. The van der Waals surface area contributed by atoms with Crippen molar-refractivity contribution < 1.29 is 9.53 Å². The fourth-order valence-electron chi connectivity index (χ4n) is 0.919. The minimum atomic E-state index is -0.0891. The van der Waals surface area contributed by atoms with Gasteiger partial charge in [-0.05, 0) is 25.7 Å². The molecule has 0 aliphatic heterocycles. The largest absolute Gasteiger partial charge is 0.466 e. The zero-order valence-corrected chi connectivity index (χ0v) is 8.01. The minimum absolute atomic E-state index is 0.0891. The molecule has 0 aliphatic rings. The number of ether oxygens (including phenoxy) is 1. The van der Waals surface area contributed by atoms with Gasteiger partial charge in [0.1, 0.15) is 0 Å². The molecule has 0 aromatic carbocycles. The molecule has 0 rings (SSSR count). The lowest BCUT2D eigenvalue weighted by molar-refractivity contribution is -0.143. The topological polar surface area (TPSA) is 26.3 Å². The van der Waals surface area contributed by atoms with Gasteiger partial charge < -0.3 is 4.74 Å². The molecule has 2 heteroatoms. The zero-order valence-electron chi connectivity index (χ0n) is 8.01.